The SMILES string of the molecule is CC1CCN(Cc2ccc([C@H]3COc4ccccc4O3)cc2)CC1. The molecule has 2 aromatic rings. The molecule has 0 saturated carbocycles. The maximum Gasteiger partial charge on any atom is 0.162 e. The van der Waals surface area contributed by atoms with Crippen LogP contribution in [0.2, 0.25) is 0 Å². The van der Waals surface area contributed by atoms with E-state index in [2.05, 4.69) is 36.1 Å². The van der Waals surface area contributed by atoms with Crippen molar-refractivity contribution in [2.24, 2.45) is 5.92 Å². The first-order chi connectivity index (χ1) is 11.8. The van der Waals surface area contributed by atoms with E-state index in [0.717, 1.165) is 24.0 Å². The van der Waals surface area contributed by atoms with E-state index in [1.165, 1.54) is 37.1 Å². The summed E-state index contributed by atoms with van der Waals surface area (Å²) in [5, 5.41) is 0. The van der Waals surface area contributed by atoms with Crippen molar-refractivity contribution in [3.63, 3.8) is 0 Å². The highest BCUT2D eigenvalue weighted by Gasteiger charge is 2.22. The number of hydrogen-bond donors (Lipinski definition) is 0. The van der Waals surface area contributed by atoms with Crippen molar-refractivity contribution in [2.45, 2.75) is 32.4 Å². The van der Waals surface area contributed by atoms with E-state index >= 15 is 0 Å². The quantitative estimate of drug-likeness (QED) is 0.834. The summed E-state index contributed by atoms with van der Waals surface area (Å²) in [6.45, 7) is 6.42. The Balaban J connectivity index is 1.39. The predicted molar refractivity (Wildman–Crippen MR) is 95.4 cm³/mol. The molecule has 3 heteroatoms. The third kappa shape index (κ3) is 3.41. The van der Waals surface area contributed by atoms with Crippen molar-refractivity contribution in [1.82, 2.24) is 4.90 Å². The van der Waals surface area contributed by atoms with Crippen molar-refractivity contribution in [3.05, 3.63) is 59.7 Å². The minimum Gasteiger partial charge on any atom is -0.485 e. The molecule has 1 atom stereocenters. The third-order valence-corrected chi connectivity index (χ3v) is 5.14. The van der Waals surface area contributed by atoms with Gasteiger partial charge < -0.3 is 9.47 Å². The molecule has 0 aromatic heterocycles. The number of likely N-dealkylation sites (tertiary alicyclic amines) is 1. The summed E-state index contributed by atoms with van der Waals surface area (Å²) in [7, 11) is 0. The summed E-state index contributed by atoms with van der Waals surface area (Å²) in [4.78, 5) is 2.56. The van der Waals surface area contributed by atoms with Crippen molar-refractivity contribution >= 4 is 0 Å². The van der Waals surface area contributed by atoms with Crippen LogP contribution in [0.4, 0.5) is 0 Å². The van der Waals surface area contributed by atoms with Gasteiger partial charge in [0.25, 0.3) is 0 Å². The van der Waals surface area contributed by atoms with Crippen molar-refractivity contribution in [2.75, 3.05) is 19.7 Å². The lowest BCUT2D eigenvalue weighted by Gasteiger charge is -2.30. The monoisotopic (exact) mass is 323 g/mol. The fraction of sp³-hybridized carbons (Fsp3) is 0.429. The molecule has 4 rings (SSSR count). The molecular weight excluding hydrogens is 298 g/mol. The Bertz CT molecular complexity index is 674. The Kier molecular flexibility index (Phi) is 4.44. The molecule has 0 bridgehead atoms. The molecule has 0 amide bonds. The molecule has 0 N–H and O–H groups in total. The minimum absolute atomic E-state index is 0.0233. The molecular formula is C21H25NO2. The van der Waals surface area contributed by atoms with Crippen LogP contribution in [0.5, 0.6) is 11.5 Å². The lowest BCUT2D eigenvalue weighted by molar-refractivity contribution is 0.0912. The van der Waals surface area contributed by atoms with Crippen molar-refractivity contribution in [3.8, 4) is 11.5 Å². The Labute approximate surface area is 144 Å². The lowest BCUT2D eigenvalue weighted by atomic mass is 9.98. The highest BCUT2D eigenvalue weighted by atomic mass is 16.6. The molecule has 2 heterocycles. The van der Waals surface area contributed by atoms with Crippen LogP contribution in [0.1, 0.15) is 37.0 Å². The molecule has 2 aliphatic rings. The molecule has 0 aliphatic carbocycles. The number of para-hydroxylation sites is 2. The molecule has 2 aliphatic heterocycles. The van der Waals surface area contributed by atoms with Crippen molar-refractivity contribution in [1.29, 1.82) is 0 Å². The first kappa shape index (κ1) is 15.5. The van der Waals surface area contributed by atoms with Crippen LogP contribution in [-0.4, -0.2) is 24.6 Å². The fourth-order valence-electron chi connectivity index (χ4n) is 3.50. The minimum atomic E-state index is -0.0233. The van der Waals surface area contributed by atoms with Gasteiger partial charge in [0, 0.05) is 6.54 Å². The average Bonchev–Trinajstić information content (AvgIpc) is 2.64. The average molecular weight is 323 g/mol. The number of nitrogens with zero attached hydrogens (tertiary/aromatic N) is 1. The van der Waals surface area contributed by atoms with Crippen LogP contribution in [0.25, 0.3) is 0 Å². The Morgan fingerprint density at radius 2 is 1.67 bits per heavy atom. The van der Waals surface area contributed by atoms with Gasteiger partial charge in [0.15, 0.2) is 17.6 Å². The van der Waals surface area contributed by atoms with Crippen LogP contribution in [-0.2, 0) is 6.54 Å². The van der Waals surface area contributed by atoms with Gasteiger partial charge in [-0.1, -0.05) is 43.3 Å². The van der Waals surface area contributed by atoms with Gasteiger partial charge in [-0.3, -0.25) is 4.90 Å². The predicted octanol–water partition coefficient (Wildman–Crippen LogP) is 4.43. The maximum atomic E-state index is 6.08. The second kappa shape index (κ2) is 6.86. The van der Waals surface area contributed by atoms with Crippen LogP contribution < -0.4 is 9.47 Å². The third-order valence-electron chi connectivity index (χ3n) is 5.14. The van der Waals surface area contributed by atoms with Gasteiger partial charge in [0.05, 0.1) is 0 Å². The largest absolute Gasteiger partial charge is 0.485 e. The number of fused-ring (bicyclic) bond motifs is 1. The first-order valence-corrected chi connectivity index (χ1v) is 8.97. The zero-order chi connectivity index (χ0) is 16.4. The fourth-order valence-corrected chi connectivity index (χ4v) is 3.50. The summed E-state index contributed by atoms with van der Waals surface area (Å²) in [6.07, 6.45) is 2.62. The topological polar surface area (TPSA) is 21.7 Å². The number of benzene rings is 2. The van der Waals surface area contributed by atoms with E-state index < -0.39 is 0 Å². The molecule has 24 heavy (non-hydrogen) atoms. The second-order valence-electron chi connectivity index (χ2n) is 7.06. The summed E-state index contributed by atoms with van der Waals surface area (Å²) >= 11 is 0. The molecule has 0 spiro atoms. The molecule has 2 aromatic carbocycles. The molecule has 1 saturated heterocycles. The van der Waals surface area contributed by atoms with Crippen molar-refractivity contribution < 1.29 is 9.47 Å². The molecule has 126 valence electrons. The summed E-state index contributed by atoms with van der Waals surface area (Å²) < 4.78 is 11.9. The summed E-state index contributed by atoms with van der Waals surface area (Å²) in [6, 6.07) is 16.7. The molecule has 0 radical (unpaired) electrons. The summed E-state index contributed by atoms with van der Waals surface area (Å²) in [5.74, 6) is 2.56. The number of hydrogen-bond acceptors (Lipinski definition) is 3. The lowest BCUT2D eigenvalue weighted by Crippen LogP contribution is -2.32. The van der Waals surface area contributed by atoms with E-state index in [-0.39, 0.29) is 6.10 Å². The standard InChI is InChI=1S/C21H25NO2/c1-16-10-12-22(13-11-16)14-17-6-8-18(9-7-17)21-15-23-19-4-2-3-5-20(19)24-21/h2-9,16,21H,10-15H2,1H3/t21-/m1/s1. The van der Waals surface area contributed by atoms with Crippen LogP contribution in [0, 0.1) is 5.92 Å². The highest BCUT2D eigenvalue weighted by Crippen LogP contribution is 2.35. The van der Waals surface area contributed by atoms with E-state index in [0.29, 0.717) is 6.61 Å². The number of rotatable bonds is 3. The van der Waals surface area contributed by atoms with E-state index in [9.17, 15) is 0 Å². The van der Waals surface area contributed by atoms with Gasteiger partial charge >= 0.3 is 0 Å². The van der Waals surface area contributed by atoms with E-state index in [4.69, 9.17) is 9.47 Å². The van der Waals surface area contributed by atoms with Gasteiger partial charge in [0.1, 0.15) is 6.61 Å². The molecule has 1 fully saturated rings. The zero-order valence-corrected chi connectivity index (χ0v) is 14.3. The normalized spacial score (nSPS) is 21.6. The van der Waals surface area contributed by atoms with Gasteiger partial charge in [0.2, 0.25) is 0 Å². The molecule has 0 unspecified atom stereocenters. The van der Waals surface area contributed by atoms with Gasteiger partial charge in [-0.15, -0.1) is 0 Å². The Morgan fingerprint density at radius 1 is 0.958 bits per heavy atom. The summed E-state index contributed by atoms with van der Waals surface area (Å²) in [5.41, 5.74) is 2.56. The first-order valence-electron chi connectivity index (χ1n) is 8.97. The van der Waals surface area contributed by atoms with Crippen LogP contribution in [0.3, 0.4) is 0 Å². The van der Waals surface area contributed by atoms with Gasteiger partial charge in [-0.2, -0.15) is 0 Å². The Hall–Kier alpha value is -2.00. The van der Waals surface area contributed by atoms with Crippen LogP contribution in [0.15, 0.2) is 48.5 Å². The van der Waals surface area contributed by atoms with Gasteiger partial charge in [-0.25, -0.2) is 0 Å². The Morgan fingerprint density at radius 3 is 2.42 bits per heavy atom. The van der Waals surface area contributed by atoms with Gasteiger partial charge in [-0.05, 0) is 55.1 Å². The number of ether oxygens (including phenoxy) is 2. The van der Waals surface area contributed by atoms with E-state index in [1.807, 2.05) is 24.3 Å². The van der Waals surface area contributed by atoms with E-state index in [1.54, 1.807) is 0 Å². The smallest absolute Gasteiger partial charge is 0.162 e. The highest BCUT2D eigenvalue weighted by molar-refractivity contribution is 5.41. The number of piperidine rings is 1. The maximum absolute atomic E-state index is 6.08. The second-order valence-corrected chi connectivity index (χ2v) is 7.06. The zero-order valence-electron chi connectivity index (χ0n) is 14.3. The molecule has 3 nitrogen and oxygen atoms in total. The van der Waals surface area contributed by atoms with Crippen LogP contribution >= 0.6 is 0 Å².